The molecule has 4 rings (SSSR count). The zero-order valence-electron chi connectivity index (χ0n) is 16.0. The molecule has 2 heteroatoms. The summed E-state index contributed by atoms with van der Waals surface area (Å²) in [6.07, 6.45) is 11.1. The maximum atomic E-state index is 12.0. The topological polar surface area (TPSA) is 17.1 Å². The number of hydrogen-bond donors (Lipinski definition) is 0. The van der Waals surface area contributed by atoms with Gasteiger partial charge >= 0.3 is 0 Å². The molecule has 0 aromatic rings. The Bertz CT molecular complexity index is 566. The second-order valence-electron chi connectivity index (χ2n) is 10.3. The molecule has 3 saturated carbocycles. The molecule has 8 atom stereocenters. The standard InChI is InChI=1S/C22H34OS/c1-13(2)15-11-17-20-14(3)10-18-22(5,9-7-19(23)24-18)16(20)6-8-21(17,4)12-15/h7,9,13-18,20H,6,8,10-12H2,1-5H3/t14-,15-,16-,17-,18+,20+,21+,22+/m0/s1. The van der Waals surface area contributed by atoms with Gasteiger partial charge in [0, 0.05) is 10.7 Å². The lowest BCUT2D eigenvalue weighted by atomic mass is 9.48. The SMILES string of the molecule is CC(C)[C@H]1C[C@H]2[C@@H]3[C@@H](C)C[C@H]4SC(=O)C=C[C@]4(C)[C@H]3CC[C@]2(C)C1. The summed E-state index contributed by atoms with van der Waals surface area (Å²) in [6.45, 7) is 12.4. The second kappa shape index (κ2) is 5.63. The first kappa shape index (κ1) is 17.2. The molecule has 0 radical (unpaired) electrons. The van der Waals surface area contributed by atoms with E-state index in [0.29, 0.717) is 10.7 Å². The highest BCUT2D eigenvalue weighted by Gasteiger charge is 2.60. The van der Waals surface area contributed by atoms with Crippen LogP contribution in [0.15, 0.2) is 12.2 Å². The highest BCUT2D eigenvalue weighted by atomic mass is 32.2. The Morgan fingerprint density at radius 2 is 1.96 bits per heavy atom. The minimum absolute atomic E-state index is 0.243. The first-order valence-corrected chi connectivity index (χ1v) is 11.0. The van der Waals surface area contributed by atoms with Crippen LogP contribution in [0.4, 0.5) is 0 Å². The molecule has 0 saturated heterocycles. The summed E-state index contributed by atoms with van der Waals surface area (Å²) in [7, 11) is 0. The highest BCUT2D eigenvalue weighted by molar-refractivity contribution is 8.14. The molecule has 0 aromatic carbocycles. The zero-order valence-corrected chi connectivity index (χ0v) is 16.9. The van der Waals surface area contributed by atoms with Gasteiger partial charge in [0.2, 0.25) is 5.12 Å². The fraction of sp³-hybridized carbons (Fsp3) is 0.864. The third kappa shape index (κ3) is 2.38. The number of thioether (sulfide) groups is 1. The van der Waals surface area contributed by atoms with Crippen molar-refractivity contribution in [2.45, 2.75) is 72.0 Å². The van der Waals surface area contributed by atoms with Gasteiger partial charge in [-0.3, -0.25) is 4.79 Å². The third-order valence-electron chi connectivity index (χ3n) is 8.65. The van der Waals surface area contributed by atoms with Crippen LogP contribution in [0.5, 0.6) is 0 Å². The van der Waals surface area contributed by atoms with Crippen LogP contribution >= 0.6 is 11.8 Å². The van der Waals surface area contributed by atoms with E-state index in [2.05, 4.69) is 40.7 Å². The molecular weight excluding hydrogens is 312 g/mol. The largest absolute Gasteiger partial charge is 0.282 e. The summed E-state index contributed by atoms with van der Waals surface area (Å²) in [4.78, 5) is 12.0. The number of allylic oxidation sites excluding steroid dienone is 1. The molecule has 0 spiro atoms. The molecule has 3 aliphatic carbocycles. The molecule has 3 fully saturated rings. The molecule has 0 unspecified atom stereocenters. The van der Waals surface area contributed by atoms with Crippen LogP contribution in [0.1, 0.15) is 66.7 Å². The smallest absolute Gasteiger partial charge is 0.212 e. The van der Waals surface area contributed by atoms with Crippen molar-refractivity contribution >= 4 is 16.9 Å². The Morgan fingerprint density at radius 1 is 1.21 bits per heavy atom. The predicted molar refractivity (Wildman–Crippen MR) is 103 cm³/mol. The Hall–Kier alpha value is -0.240. The van der Waals surface area contributed by atoms with Crippen molar-refractivity contribution in [3.63, 3.8) is 0 Å². The van der Waals surface area contributed by atoms with Crippen LogP contribution in [0.25, 0.3) is 0 Å². The van der Waals surface area contributed by atoms with E-state index in [0.717, 1.165) is 35.5 Å². The van der Waals surface area contributed by atoms with Gasteiger partial charge in [0.05, 0.1) is 0 Å². The van der Waals surface area contributed by atoms with Gasteiger partial charge in [-0.2, -0.15) is 0 Å². The molecule has 0 bridgehead atoms. The van der Waals surface area contributed by atoms with Crippen LogP contribution in [0, 0.1) is 46.3 Å². The number of carbonyl (C=O) groups is 1. The van der Waals surface area contributed by atoms with E-state index in [-0.39, 0.29) is 10.5 Å². The Balaban J connectivity index is 1.69. The zero-order chi connectivity index (χ0) is 17.3. The van der Waals surface area contributed by atoms with Gasteiger partial charge in [-0.25, -0.2) is 0 Å². The Kier molecular flexibility index (Phi) is 4.03. The van der Waals surface area contributed by atoms with Crippen molar-refractivity contribution < 1.29 is 4.79 Å². The van der Waals surface area contributed by atoms with Crippen molar-refractivity contribution in [3.8, 4) is 0 Å². The molecule has 1 heterocycles. The first-order valence-electron chi connectivity index (χ1n) is 10.1. The number of rotatable bonds is 1. The third-order valence-corrected chi connectivity index (χ3v) is 10.0. The monoisotopic (exact) mass is 346 g/mol. The molecule has 1 nitrogen and oxygen atoms in total. The maximum Gasteiger partial charge on any atom is 0.212 e. The van der Waals surface area contributed by atoms with Gasteiger partial charge in [0.25, 0.3) is 0 Å². The van der Waals surface area contributed by atoms with Gasteiger partial charge in [-0.15, -0.1) is 0 Å². The van der Waals surface area contributed by atoms with Crippen LogP contribution in [-0.4, -0.2) is 10.4 Å². The van der Waals surface area contributed by atoms with Gasteiger partial charge < -0.3 is 0 Å². The minimum atomic E-state index is 0.243. The summed E-state index contributed by atoms with van der Waals surface area (Å²) >= 11 is 1.63. The summed E-state index contributed by atoms with van der Waals surface area (Å²) in [6, 6.07) is 0. The van der Waals surface area contributed by atoms with E-state index in [1.54, 1.807) is 11.8 Å². The van der Waals surface area contributed by atoms with E-state index in [4.69, 9.17) is 0 Å². The van der Waals surface area contributed by atoms with Crippen molar-refractivity contribution in [2.24, 2.45) is 46.3 Å². The lowest BCUT2D eigenvalue weighted by Crippen LogP contribution is -2.55. The van der Waals surface area contributed by atoms with Gasteiger partial charge in [-0.1, -0.05) is 52.5 Å². The molecule has 0 aromatic heterocycles. The molecule has 134 valence electrons. The van der Waals surface area contributed by atoms with E-state index >= 15 is 0 Å². The number of carbonyl (C=O) groups excluding carboxylic acids is 1. The highest BCUT2D eigenvalue weighted by Crippen LogP contribution is 2.67. The van der Waals surface area contributed by atoms with Crippen molar-refractivity contribution in [3.05, 3.63) is 12.2 Å². The Labute approximate surface area is 152 Å². The average Bonchev–Trinajstić information content (AvgIpc) is 2.87. The quantitative estimate of drug-likeness (QED) is 0.584. The normalized spacial score (nSPS) is 53.7. The van der Waals surface area contributed by atoms with E-state index < -0.39 is 0 Å². The molecule has 24 heavy (non-hydrogen) atoms. The van der Waals surface area contributed by atoms with Crippen LogP contribution in [-0.2, 0) is 4.79 Å². The maximum absolute atomic E-state index is 12.0. The number of fused-ring (bicyclic) bond motifs is 5. The van der Waals surface area contributed by atoms with E-state index in [1.165, 1.54) is 32.1 Å². The van der Waals surface area contributed by atoms with Crippen LogP contribution in [0.2, 0.25) is 0 Å². The summed E-state index contributed by atoms with van der Waals surface area (Å²) in [5.74, 6) is 5.09. The van der Waals surface area contributed by atoms with Crippen molar-refractivity contribution in [2.75, 3.05) is 0 Å². The van der Waals surface area contributed by atoms with Crippen LogP contribution in [0.3, 0.4) is 0 Å². The molecular formula is C22H34OS. The minimum Gasteiger partial charge on any atom is -0.282 e. The predicted octanol–water partition coefficient (Wildman–Crippen LogP) is 5.95. The second-order valence-corrected chi connectivity index (χ2v) is 11.5. The average molecular weight is 347 g/mol. The van der Waals surface area contributed by atoms with E-state index in [9.17, 15) is 4.79 Å². The van der Waals surface area contributed by atoms with Gasteiger partial charge in [0.15, 0.2) is 0 Å². The fourth-order valence-corrected chi connectivity index (χ4v) is 8.49. The van der Waals surface area contributed by atoms with Gasteiger partial charge in [0.1, 0.15) is 0 Å². The first-order chi connectivity index (χ1) is 11.2. The van der Waals surface area contributed by atoms with Crippen molar-refractivity contribution in [1.82, 2.24) is 0 Å². The number of hydrogen-bond acceptors (Lipinski definition) is 2. The Morgan fingerprint density at radius 3 is 2.67 bits per heavy atom. The molecule has 0 N–H and O–H groups in total. The lowest BCUT2D eigenvalue weighted by Gasteiger charge is -2.60. The lowest BCUT2D eigenvalue weighted by molar-refractivity contribution is -0.108. The summed E-state index contributed by atoms with van der Waals surface area (Å²) < 4.78 is 0. The summed E-state index contributed by atoms with van der Waals surface area (Å²) in [5, 5.41) is 0.794. The molecule has 0 amide bonds. The van der Waals surface area contributed by atoms with Crippen molar-refractivity contribution in [1.29, 1.82) is 0 Å². The molecule has 1 aliphatic heterocycles. The van der Waals surface area contributed by atoms with E-state index in [1.807, 2.05) is 6.08 Å². The summed E-state index contributed by atoms with van der Waals surface area (Å²) in [5.41, 5.74) is 0.821. The fourth-order valence-electron chi connectivity index (χ4n) is 7.16. The van der Waals surface area contributed by atoms with Gasteiger partial charge in [-0.05, 0) is 79.1 Å². The van der Waals surface area contributed by atoms with Crippen LogP contribution < -0.4 is 0 Å². The molecule has 4 aliphatic rings.